The van der Waals surface area contributed by atoms with Gasteiger partial charge in [0.1, 0.15) is 0 Å². The Balaban J connectivity index is 2.67. The highest BCUT2D eigenvalue weighted by molar-refractivity contribution is 14.1. The van der Waals surface area contributed by atoms with Crippen LogP contribution in [0.5, 0.6) is 0 Å². The molecule has 1 rings (SSSR count). The van der Waals surface area contributed by atoms with Crippen LogP contribution in [0.2, 0.25) is 0 Å². The number of hydrogen-bond acceptors (Lipinski definition) is 3. The molecule has 0 bridgehead atoms. The Kier molecular flexibility index (Phi) is 4.86. The fraction of sp³-hybridized carbons (Fsp3) is 0.500. The van der Waals surface area contributed by atoms with E-state index in [-0.39, 0.29) is 0 Å². The molecule has 4 N–H and O–H groups in total. The van der Waals surface area contributed by atoms with Crippen LogP contribution in [0.25, 0.3) is 0 Å². The summed E-state index contributed by atoms with van der Waals surface area (Å²) in [6.45, 7) is 4.51. The van der Waals surface area contributed by atoms with Crippen molar-refractivity contribution in [2.75, 3.05) is 17.6 Å². The second kappa shape index (κ2) is 5.72. The minimum Gasteiger partial charge on any atom is -0.397 e. The molecule has 1 aromatic rings. The van der Waals surface area contributed by atoms with Crippen molar-refractivity contribution < 1.29 is 5.11 Å². The van der Waals surface area contributed by atoms with Crippen LogP contribution in [-0.2, 0) is 0 Å². The standard InChI is InChI=1S/C12H19IN2O/c1-3-12(16,4-2)8-15-11-6-5-9(13)7-10(11)14/h5-7,15-16H,3-4,8,14H2,1-2H3. The molecule has 4 heteroatoms. The summed E-state index contributed by atoms with van der Waals surface area (Å²) in [4.78, 5) is 0. The summed E-state index contributed by atoms with van der Waals surface area (Å²) in [6.07, 6.45) is 1.47. The number of anilines is 2. The number of halogens is 1. The molecule has 0 aliphatic rings. The highest BCUT2D eigenvalue weighted by atomic mass is 127. The van der Waals surface area contributed by atoms with Crippen molar-refractivity contribution >= 4 is 34.0 Å². The topological polar surface area (TPSA) is 58.3 Å². The predicted octanol–water partition coefficient (Wildman–Crippen LogP) is 2.84. The molecule has 0 heterocycles. The summed E-state index contributed by atoms with van der Waals surface area (Å²) in [5.41, 5.74) is 6.85. The van der Waals surface area contributed by atoms with Gasteiger partial charge in [0.2, 0.25) is 0 Å². The minimum absolute atomic E-state index is 0.533. The lowest BCUT2D eigenvalue weighted by molar-refractivity contribution is 0.0457. The largest absolute Gasteiger partial charge is 0.397 e. The van der Waals surface area contributed by atoms with Crippen LogP contribution in [0.15, 0.2) is 18.2 Å². The molecule has 1 aromatic carbocycles. The Morgan fingerprint density at radius 3 is 2.50 bits per heavy atom. The number of nitrogen functional groups attached to an aromatic ring is 1. The maximum Gasteiger partial charge on any atom is 0.0814 e. The molecular weight excluding hydrogens is 315 g/mol. The fourth-order valence-corrected chi connectivity index (χ4v) is 1.97. The maximum atomic E-state index is 10.1. The van der Waals surface area contributed by atoms with E-state index in [1.54, 1.807) is 0 Å². The number of nitrogens with one attached hydrogen (secondary N) is 1. The van der Waals surface area contributed by atoms with Crippen LogP contribution in [0.1, 0.15) is 26.7 Å². The molecule has 3 nitrogen and oxygen atoms in total. The molecule has 0 aromatic heterocycles. The van der Waals surface area contributed by atoms with Gasteiger partial charge in [0.25, 0.3) is 0 Å². The van der Waals surface area contributed by atoms with Crippen LogP contribution in [0.4, 0.5) is 11.4 Å². The van der Waals surface area contributed by atoms with E-state index < -0.39 is 5.60 Å². The smallest absolute Gasteiger partial charge is 0.0814 e. The van der Waals surface area contributed by atoms with Gasteiger partial charge in [0.05, 0.1) is 17.0 Å². The van der Waals surface area contributed by atoms with Crippen molar-refractivity contribution in [1.82, 2.24) is 0 Å². The minimum atomic E-state index is -0.643. The first-order chi connectivity index (χ1) is 7.50. The lowest BCUT2D eigenvalue weighted by Crippen LogP contribution is -2.35. The molecule has 0 aliphatic carbocycles. The van der Waals surface area contributed by atoms with Crippen molar-refractivity contribution in [2.45, 2.75) is 32.3 Å². The van der Waals surface area contributed by atoms with Gasteiger partial charge in [-0.1, -0.05) is 13.8 Å². The molecule has 0 atom stereocenters. The predicted molar refractivity (Wildman–Crippen MR) is 77.6 cm³/mol. The van der Waals surface area contributed by atoms with Crippen LogP contribution in [0.3, 0.4) is 0 Å². The lowest BCUT2D eigenvalue weighted by atomic mass is 9.97. The van der Waals surface area contributed by atoms with Crippen molar-refractivity contribution in [3.05, 3.63) is 21.8 Å². The van der Waals surface area contributed by atoms with Gasteiger partial charge in [-0.3, -0.25) is 0 Å². The zero-order valence-corrected chi connectivity index (χ0v) is 11.9. The Labute approximate surface area is 111 Å². The van der Waals surface area contributed by atoms with E-state index in [0.717, 1.165) is 27.8 Å². The molecule has 0 radical (unpaired) electrons. The summed E-state index contributed by atoms with van der Waals surface area (Å²) in [5.74, 6) is 0. The van der Waals surface area contributed by atoms with Crippen LogP contribution < -0.4 is 11.1 Å². The number of rotatable bonds is 5. The summed E-state index contributed by atoms with van der Waals surface area (Å²) in [6, 6.07) is 5.86. The van der Waals surface area contributed by atoms with Gasteiger partial charge in [-0.15, -0.1) is 0 Å². The molecule has 16 heavy (non-hydrogen) atoms. The molecule has 0 saturated carbocycles. The Morgan fingerprint density at radius 1 is 1.38 bits per heavy atom. The fourth-order valence-electron chi connectivity index (χ4n) is 1.45. The molecule has 90 valence electrons. The number of hydrogen-bond donors (Lipinski definition) is 3. The molecule has 0 unspecified atom stereocenters. The zero-order valence-electron chi connectivity index (χ0n) is 9.76. The van der Waals surface area contributed by atoms with Gasteiger partial charge in [0, 0.05) is 10.1 Å². The number of benzene rings is 1. The Morgan fingerprint density at radius 2 is 2.00 bits per heavy atom. The monoisotopic (exact) mass is 334 g/mol. The van der Waals surface area contributed by atoms with E-state index in [9.17, 15) is 5.11 Å². The highest BCUT2D eigenvalue weighted by Crippen LogP contribution is 2.23. The maximum absolute atomic E-state index is 10.1. The van der Waals surface area contributed by atoms with Gasteiger partial charge >= 0.3 is 0 Å². The second-order valence-electron chi connectivity index (χ2n) is 4.02. The third-order valence-corrected chi connectivity index (χ3v) is 3.61. The van der Waals surface area contributed by atoms with E-state index in [1.165, 1.54) is 0 Å². The number of aliphatic hydroxyl groups is 1. The highest BCUT2D eigenvalue weighted by Gasteiger charge is 2.21. The lowest BCUT2D eigenvalue weighted by Gasteiger charge is -2.26. The van der Waals surface area contributed by atoms with Crippen LogP contribution >= 0.6 is 22.6 Å². The van der Waals surface area contributed by atoms with Gasteiger partial charge in [-0.05, 0) is 53.6 Å². The zero-order chi connectivity index (χ0) is 12.2. The van der Waals surface area contributed by atoms with E-state index in [2.05, 4.69) is 27.9 Å². The van der Waals surface area contributed by atoms with Gasteiger partial charge < -0.3 is 16.2 Å². The average molecular weight is 334 g/mol. The summed E-state index contributed by atoms with van der Waals surface area (Å²) in [7, 11) is 0. The van der Waals surface area contributed by atoms with E-state index in [4.69, 9.17) is 5.73 Å². The molecule has 0 spiro atoms. The van der Waals surface area contributed by atoms with Crippen molar-refractivity contribution in [2.24, 2.45) is 0 Å². The van der Waals surface area contributed by atoms with Gasteiger partial charge in [-0.2, -0.15) is 0 Å². The van der Waals surface area contributed by atoms with Crippen molar-refractivity contribution in [3.63, 3.8) is 0 Å². The van der Waals surface area contributed by atoms with Crippen molar-refractivity contribution in [3.8, 4) is 0 Å². The molecule has 0 saturated heterocycles. The summed E-state index contributed by atoms with van der Waals surface area (Å²) < 4.78 is 1.11. The Hall–Kier alpha value is -0.490. The third-order valence-electron chi connectivity index (χ3n) is 2.94. The Bertz CT molecular complexity index is 351. The molecule has 0 amide bonds. The van der Waals surface area contributed by atoms with Gasteiger partial charge in [0.15, 0.2) is 0 Å². The molecule has 0 aliphatic heterocycles. The van der Waals surface area contributed by atoms with Crippen LogP contribution in [0, 0.1) is 3.57 Å². The third kappa shape index (κ3) is 3.52. The normalized spacial score (nSPS) is 11.5. The first-order valence-electron chi connectivity index (χ1n) is 5.52. The van der Waals surface area contributed by atoms with E-state index in [0.29, 0.717) is 6.54 Å². The van der Waals surface area contributed by atoms with E-state index in [1.807, 2.05) is 32.0 Å². The first kappa shape index (κ1) is 13.6. The summed E-state index contributed by atoms with van der Waals surface area (Å²) >= 11 is 2.22. The van der Waals surface area contributed by atoms with Gasteiger partial charge in [-0.25, -0.2) is 0 Å². The number of nitrogens with two attached hydrogens (primary N) is 1. The molecular formula is C12H19IN2O. The second-order valence-corrected chi connectivity index (χ2v) is 5.26. The quantitative estimate of drug-likeness (QED) is 0.573. The van der Waals surface area contributed by atoms with Crippen LogP contribution in [-0.4, -0.2) is 17.3 Å². The average Bonchev–Trinajstić information content (AvgIpc) is 2.27. The SMILES string of the molecule is CCC(O)(CC)CNc1ccc(I)cc1N. The molecule has 0 fully saturated rings. The first-order valence-corrected chi connectivity index (χ1v) is 6.60. The summed E-state index contributed by atoms with van der Waals surface area (Å²) in [5, 5.41) is 13.3. The van der Waals surface area contributed by atoms with E-state index >= 15 is 0 Å². The van der Waals surface area contributed by atoms with Crippen molar-refractivity contribution in [1.29, 1.82) is 0 Å².